The van der Waals surface area contributed by atoms with Crippen LogP contribution in [-0.2, 0) is 25.6 Å². The maximum Gasteiger partial charge on any atom is 0.302 e. The SMILES string of the molecule is CC(=O)OCC[N+]([O-])(CCOC(C)=O)Cc1ccc(Cl)cc1. The van der Waals surface area contributed by atoms with E-state index < -0.39 is 16.6 Å². The summed E-state index contributed by atoms with van der Waals surface area (Å²) < 4.78 is 9.03. The highest BCUT2D eigenvalue weighted by molar-refractivity contribution is 6.30. The van der Waals surface area contributed by atoms with Gasteiger partial charge < -0.3 is 19.3 Å². The number of carbonyl (C=O) groups excluding carboxylic acids is 2. The molecule has 0 aliphatic carbocycles. The van der Waals surface area contributed by atoms with E-state index in [1.165, 1.54) is 13.8 Å². The van der Waals surface area contributed by atoms with Crippen LogP contribution in [0.3, 0.4) is 0 Å². The van der Waals surface area contributed by atoms with E-state index in [-0.39, 0.29) is 32.8 Å². The maximum absolute atomic E-state index is 12.8. The van der Waals surface area contributed by atoms with Crippen LogP contribution < -0.4 is 0 Å². The molecule has 0 N–H and O–H groups in total. The molecule has 0 amide bonds. The average Bonchev–Trinajstić information content (AvgIpc) is 2.40. The Morgan fingerprint density at radius 3 is 1.91 bits per heavy atom. The minimum atomic E-state index is -0.651. The molecule has 0 saturated heterocycles. The van der Waals surface area contributed by atoms with E-state index in [9.17, 15) is 14.8 Å². The summed E-state index contributed by atoms with van der Waals surface area (Å²) in [6.07, 6.45) is 0. The number of hydrogen-bond donors (Lipinski definition) is 0. The van der Waals surface area contributed by atoms with E-state index in [1.54, 1.807) is 24.3 Å². The molecule has 0 atom stereocenters. The molecule has 0 unspecified atom stereocenters. The number of esters is 2. The number of ether oxygens (including phenoxy) is 2. The van der Waals surface area contributed by atoms with Crippen molar-refractivity contribution < 1.29 is 23.7 Å². The molecule has 0 saturated carbocycles. The van der Waals surface area contributed by atoms with Crippen molar-refractivity contribution in [2.24, 2.45) is 0 Å². The number of quaternary nitrogens is 1. The maximum atomic E-state index is 12.8. The van der Waals surface area contributed by atoms with Gasteiger partial charge in [-0.2, -0.15) is 0 Å². The molecule has 1 aromatic rings. The fraction of sp³-hybridized carbons (Fsp3) is 0.467. The third-order valence-corrected chi connectivity index (χ3v) is 3.24. The Bertz CT molecular complexity index is 483. The van der Waals surface area contributed by atoms with Crippen molar-refractivity contribution in [1.82, 2.24) is 0 Å². The first kappa shape index (κ1) is 18.4. The van der Waals surface area contributed by atoms with Crippen molar-refractivity contribution in [2.45, 2.75) is 20.4 Å². The molecule has 0 aromatic heterocycles. The molecule has 0 aliphatic heterocycles. The monoisotopic (exact) mass is 329 g/mol. The Morgan fingerprint density at radius 1 is 1.05 bits per heavy atom. The molecule has 6 nitrogen and oxygen atoms in total. The first-order chi connectivity index (χ1) is 10.3. The predicted molar refractivity (Wildman–Crippen MR) is 81.8 cm³/mol. The molecular formula is C15H20ClNO5. The van der Waals surface area contributed by atoms with Gasteiger partial charge in [-0.25, -0.2) is 0 Å². The number of nitrogens with zero attached hydrogens (tertiary/aromatic N) is 1. The highest BCUT2D eigenvalue weighted by Gasteiger charge is 2.19. The van der Waals surface area contributed by atoms with Gasteiger partial charge in [-0.15, -0.1) is 0 Å². The topological polar surface area (TPSA) is 75.7 Å². The number of hydrogen-bond acceptors (Lipinski definition) is 5. The van der Waals surface area contributed by atoms with Gasteiger partial charge in [0.1, 0.15) is 32.8 Å². The first-order valence-corrected chi connectivity index (χ1v) is 7.27. The molecule has 0 heterocycles. The molecule has 1 aromatic carbocycles. The smallest absolute Gasteiger partial charge is 0.302 e. The zero-order chi connectivity index (χ0) is 16.6. The number of halogens is 1. The average molecular weight is 330 g/mol. The summed E-state index contributed by atoms with van der Waals surface area (Å²) in [6.45, 7) is 2.97. The van der Waals surface area contributed by atoms with Crippen LogP contribution in [0.15, 0.2) is 24.3 Å². The van der Waals surface area contributed by atoms with Crippen LogP contribution in [-0.4, -0.2) is 42.9 Å². The van der Waals surface area contributed by atoms with E-state index in [1.807, 2.05) is 0 Å². The van der Waals surface area contributed by atoms with Crippen molar-refractivity contribution in [2.75, 3.05) is 26.3 Å². The van der Waals surface area contributed by atoms with Crippen LogP contribution in [0.2, 0.25) is 5.02 Å². The lowest BCUT2D eigenvalue weighted by atomic mass is 10.2. The first-order valence-electron chi connectivity index (χ1n) is 6.89. The van der Waals surface area contributed by atoms with Gasteiger partial charge in [0.2, 0.25) is 0 Å². The van der Waals surface area contributed by atoms with Gasteiger partial charge in [0.25, 0.3) is 0 Å². The van der Waals surface area contributed by atoms with E-state index in [4.69, 9.17) is 21.1 Å². The number of carbonyl (C=O) groups is 2. The number of hydroxylamine groups is 3. The molecular weight excluding hydrogens is 310 g/mol. The molecule has 0 fully saturated rings. The van der Waals surface area contributed by atoms with Crippen molar-refractivity contribution in [1.29, 1.82) is 0 Å². The lowest BCUT2D eigenvalue weighted by molar-refractivity contribution is -0.894. The second-order valence-electron chi connectivity index (χ2n) is 4.97. The van der Waals surface area contributed by atoms with Crippen molar-refractivity contribution >= 4 is 23.5 Å². The summed E-state index contributed by atoms with van der Waals surface area (Å²) in [5.74, 6) is -0.865. The summed E-state index contributed by atoms with van der Waals surface area (Å²) >= 11 is 5.82. The highest BCUT2D eigenvalue weighted by atomic mass is 35.5. The van der Waals surface area contributed by atoms with Crippen LogP contribution in [0.4, 0.5) is 0 Å². The lowest BCUT2D eigenvalue weighted by Gasteiger charge is -2.42. The molecule has 122 valence electrons. The molecule has 22 heavy (non-hydrogen) atoms. The summed E-state index contributed by atoms with van der Waals surface area (Å²) in [7, 11) is 0. The van der Waals surface area contributed by atoms with Gasteiger partial charge >= 0.3 is 11.9 Å². The Hall–Kier alpha value is -1.63. The third-order valence-electron chi connectivity index (χ3n) is 2.99. The van der Waals surface area contributed by atoms with Crippen LogP contribution in [0.1, 0.15) is 19.4 Å². The van der Waals surface area contributed by atoms with Gasteiger partial charge in [-0.3, -0.25) is 9.59 Å². The van der Waals surface area contributed by atoms with Crippen LogP contribution in [0.5, 0.6) is 0 Å². The van der Waals surface area contributed by atoms with Crippen LogP contribution >= 0.6 is 11.6 Å². The van der Waals surface area contributed by atoms with Gasteiger partial charge in [0.15, 0.2) is 0 Å². The second kappa shape index (κ2) is 8.73. The summed E-state index contributed by atoms with van der Waals surface area (Å²) in [5, 5.41) is 13.4. The third kappa shape index (κ3) is 7.40. The summed E-state index contributed by atoms with van der Waals surface area (Å²) in [5.41, 5.74) is 0.810. The minimum absolute atomic E-state index is 0.0203. The Balaban J connectivity index is 2.68. The van der Waals surface area contributed by atoms with E-state index in [0.29, 0.717) is 5.02 Å². The Labute approximate surface area is 134 Å². The lowest BCUT2D eigenvalue weighted by Crippen LogP contribution is -2.46. The normalized spacial score (nSPS) is 11.1. The fourth-order valence-corrected chi connectivity index (χ4v) is 2.03. The van der Waals surface area contributed by atoms with Crippen LogP contribution in [0, 0.1) is 5.21 Å². The molecule has 0 radical (unpaired) electrons. The van der Waals surface area contributed by atoms with Gasteiger partial charge in [0.05, 0.1) is 0 Å². The quantitative estimate of drug-likeness (QED) is 0.415. The number of benzene rings is 1. The molecule has 0 bridgehead atoms. The summed E-state index contributed by atoms with van der Waals surface area (Å²) in [4.78, 5) is 21.6. The van der Waals surface area contributed by atoms with Gasteiger partial charge in [-0.05, 0) is 12.1 Å². The van der Waals surface area contributed by atoms with E-state index >= 15 is 0 Å². The zero-order valence-corrected chi connectivity index (χ0v) is 13.5. The molecule has 0 aliphatic rings. The van der Waals surface area contributed by atoms with E-state index in [0.717, 1.165) is 5.56 Å². The van der Waals surface area contributed by atoms with Crippen molar-refractivity contribution in [3.63, 3.8) is 0 Å². The zero-order valence-electron chi connectivity index (χ0n) is 12.7. The molecule has 7 heteroatoms. The van der Waals surface area contributed by atoms with Crippen LogP contribution in [0.25, 0.3) is 0 Å². The number of rotatable bonds is 8. The Kier molecular flexibility index (Phi) is 7.31. The summed E-state index contributed by atoms with van der Waals surface area (Å²) in [6, 6.07) is 6.95. The molecule has 1 rings (SSSR count). The predicted octanol–water partition coefficient (Wildman–Crippen LogP) is 2.28. The Morgan fingerprint density at radius 2 is 1.50 bits per heavy atom. The standard InChI is InChI=1S/C15H20ClNO5/c1-12(18)21-9-7-17(20,8-10-22-13(2)19)11-14-3-5-15(16)6-4-14/h3-6H,7-11H2,1-2H3. The fourth-order valence-electron chi connectivity index (χ4n) is 1.90. The largest absolute Gasteiger partial charge is 0.632 e. The highest BCUT2D eigenvalue weighted by Crippen LogP contribution is 2.16. The van der Waals surface area contributed by atoms with Gasteiger partial charge in [-0.1, -0.05) is 23.7 Å². The van der Waals surface area contributed by atoms with E-state index in [2.05, 4.69) is 0 Å². The minimum Gasteiger partial charge on any atom is -0.632 e. The van der Waals surface area contributed by atoms with Crippen molar-refractivity contribution in [3.05, 3.63) is 40.1 Å². The molecule has 0 spiro atoms. The second-order valence-corrected chi connectivity index (χ2v) is 5.41. The van der Waals surface area contributed by atoms with Crippen molar-refractivity contribution in [3.8, 4) is 0 Å². The van der Waals surface area contributed by atoms with Gasteiger partial charge in [0, 0.05) is 24.4 Å².